The molecule has 2 aromatic heterocycles. The Morgan fingerprint density at radius 1 is 1.38 bits per heavy atom. The van der Waals surface area contributed by atoms with Gasteiger partial charge in [0.1, 0.15) is 0 Å². The number of rotatable bonds is 6. The average Bonchev–Trinajstić information content (AvgIpc) is 3.06. The van der Waals surface area contributed by atoms with E-state index < -0.39 is 0 Å². The minimum Gasteiger partial charge on any atom is -0.353 e. The van der Waals surface area contributed by atoms with Gasteiger partial charge in [0, 0.05) is 36.8 Å². The normalized spacial score (nSPS) is 16.8. The molecular formula is C18H27N5O2S. The van der Waals surface area contributed by atoms with Crippen LogP contribution in [0.5, 0.6) is 0 Å². The Hall–Kier alpha value is -1.96. The highest BCUT2D eigenvalue weighted by Crippen LogP contribution is 2.27. The minimum atomic E-state index is -0.122. The van der Waals surface area contributed by atoms with E-state index >= 15 is 0 Å². The lowest BCUT2D eigenvalue weighted by molar-refractivity contribution is -0.126. The molecule has 1 saturated heterocycles. The van der Waals surface area contributed by atoms with Crippen LogP contribution in [0.2, 0.25) is 0 Å². The van der Waals surface area contributed by atoms with Crippen LogP contribution >= 0.6 is 11.3 Å². The van der Waals surface area contributed by atoms with Gasteiger partial charge in [-0.3, -0.25) is 9.59 Å². The summed E-state index contributed by atoms with van der Waals surface area (Å²) in [6.45, 7) is 7.72. The fourth-order valence-electron chi connectivity index (χ4n) is 3.15. The zero-order valence-corrected chi connectivity index (χ0v) is 16.5. The summed E-state index contributed by atoms with van der Waals surface area (Å²) in [5.41, 5.74) is 0.705. The predicted molar refractivity (Wildman–Crippen MR) is 104 cm³/mol. The van der Waals surface area contributed by atoms with Crippen molar-refractivity contribution in [1.29, 1.82) is 0 Å². The number of amides is 1. The van der Waals surface area contributed by atoms with Gasteiger partial charge in [0.2, 0.25) is 16.0 Å². The second-order valence-corrected chi connectivity index (χ2v) is 7.93. The third-order valence-electron chi connectivity index (χ3n) is 4.93. The van der Waals surface area contributed by atoms with E-state index in [1.807, 2.05) is 6.92 Å². The van der Waals surface area contributed by atoms with Gasteiger partial charge in [0.25, 0.3) is 5.56 Å². The lowest BCUT2D eigenvalue weighted by Crippen LogP contribution is -2.43. The zero-order valence-electron chi connectivity index (χ0n) is 15.7. The summed E-state index contributed by atoms with van der Waals surface area (Å²) in [4.78, 5) is 31.9. The standard InChI is InChI=1S/C18H27N5O2S/c1-4-6-14-11-15(24)23-17(20-14)26-18(21-23)22-9-7-13(8-10-22)16(25)19-12(3)5-2/h11-13H,4-10H2,1-3H3,(H,19,25). The zero-order chi connectivity index (χ0) is 18.7. The van der Waals surface area contributed by atoms with E-state index in [0.717, 1.165) is 56.0 Å². The smallest absolute Gasteiger partial charge is 0.275 e. The molecule has 1 aliphatic rings. The van der Waals surface area contributed by atoms with Crippen LogP contribution in [0.15, 0.2) is 10.9 Å². The molecule has 0 spiro atoms. The first-order valence-corrected chi connectivity index (χ1v) is 10.3. The first kappa shape index (κ1) is 18.8. The van der Waals surface area contributed by atoms with E-state index in [-0.39, 0.29) is 23.4 Å². The molecule has 0 radical (unpaired) electrons. The second kappa shape index (κ2) is 8.16. The highest BCUT2D eigenvalue weighted by atomic mass is 32.1. The molecule has 7 nitrogen and oxygen atoms in total. The fourth-order valence-corrected chi connectivity index (χ4v) is 4.13. The minimum absolute atomic E-state index is 0.0617. The number of carbonyl (C=O) groups is 1. The fraction of sp³-hybridized carbons (Fsp3) is 0.667. The summed E-state index contributed by atoms with van der Waals surface area (Å²) >= 11 is 1.45. The Kier molecular flexibility index (Phi) is 5.90. The summed E-state index contributed by atoms with van der Waals surface area (Å²) in [6, 6.07) is 1.80. The van der Waals surface area contributed by atoms with Crippen LogP contribution in [-0.2, 0) is 11.2 Å². The summed E-state index contributed by atoms with van der Waals surface area (Å²) in [5, 5.41) is 8.34. The van der Waals surface area contributed by atoms with Gasteiger partial charge in [0.15, 0.2) is 0 Å². The Balaban J connectivity index is 1.68. The maximum Gasteiger partial charge on any atom is 0.275 e. The van der Waals surface area contributed by atoms with Crippen molar-refractivity contribution in [3.05, 3.63) is 22.1 Å². The van der Waals surface area contributed by atoms with E-state index in [1.165, 1.54) is 15.9 Å². The number of carbonyl (C=O) groups excluding carboxylic acids is 1. The van der Waals surface area contributed by atoms with Crippen LogP contribution in [0, 0.1) is 5.92 Å². The van der Waals surface area contributed by atoms with Gasteiger partial charge >= 0.3 is 0 Å². The number of nitrogens with zero attached hydrogens (tertiary/aromatic N) is 4. The molecule has 8 heteroatoms. The molecule has 1 amide bonds. The molecule has 142 valence electrons. The number of hydrogen-bond acceptors (Lipinski definition) is 6. The largest absolute Gasteiger partial charge is 0.353 e. The van der Waals surface area contributed by atoms with E-state index in [9.17, 15) is 9.59 Å². The Bertz CT molecular complexity index is 823. The van der Waals surface area contributed by atoms with Gasteiger partial charge < -0.3 is 10.2 Å². The van der Waals surface area contributed by atoms with Gasteiger partial charge in [-0.2, -0.15) is 4.52 Å². The van der Waals surface area contributed by atoms with Crippen LogP contribution in [0.3, 0.4) is 0 Å². The molecule has 1 N–H and O–H groups in total. The molecule has 0 saturated carbocycles. The monoisotopic (exact) mass is 377 g/mol. The SMILES string of the molecule is CCCc1cc(=O)n2nc(N3CCC(C(=O)NC(C)CC)CC3)sc2n1. The van der Waals surface area contributed by atoms with Gasteiger partial charge in [-0.15, -0.1) is 5.10 Å². The van der Waals surface area contributed by atoms with Crippen LogP contribution in [0.25, 0.3) is 4.96 Å². The number of nitrogens with one attached hydrogen (secondary N) is 1. The molecule has 2 aromatic rings. The lowest BCUT2D eigenvalue weighted by Gasteiger charge is -2.31. The highest BCUT2D eigenvalue weighted by Gasteiger charge is 2.27. The summed E-state index contributed by atoms with van der Waals surface area (Å²) in [7, 11) is 0. The van der Waals surface area contributed by atoms with Crippen molar-refractivity contribution in [2.24, 2.45) is 5.92 Å². The van der Waals surface area contributed by atoms with Crippen molar-refractivity contribution in [2.45, 2.75) is 58.9 Å². The molecule has 1 unspecified atom stereocenters. The number of aromatic nitrogens is 3. The molecule has 3 rings (SSSR count). The molecule has 0 aliphatic carbocycles. The summed E-state index contributed by atoms with van der Waals surface area (Å²) in [6.07, 6.45) is 4.32. The van der Waals surface area contributed by atoms with Crippen molar-refractivity contribution in [3.63, 3.8) is 0 Å². The first-order valence-electron chi connectivity index (χ1n) is 9.47. The third-order valence-corrected chi connectivity index (χ3v) is 5.90. The maximum absolute atomic E-state index is 12.3. The molecule has 26 heavy (non-hydrogen) atoms. The van der Waals surface area contributed by atoms with Crippen molar-refractivity contribution in [1.82, 2.24) is 19.9 Å². The second-order valence-electron chi connectivity index (χ2n) is 6.99. The average molecular weight is 378 g/mol. The topological polar surface area (TPSA) is 79.6 Å². The molecule has 1 atom stereocenters. The number of fused-ring (bicyclic) bond motifs is 1. The Labute approximate surface area is 157 Å². The Morgan fingerprint density at radius 3 is 2.77 bits per heavy atom. The molecule has 1 fully saturated rings. The van der Waals surface area contributed by atoms with E-state index in [2.05, 4.69) is 34.1 Å². The predicted octanol–water partition coefficient (Wildman–Crippen LogP) is 2.23. The lowest BCUT2D eigenvalue weighted by atomic mass is 9.96. The van der Waals surface area contributed by atoms with Crippen molar-refractivity contribution in [2.75, 3.05) is 18.0 Å². The van der Waals surface area contributed by atoms with E-state index in [1.54, 1.807) is 6.07 Å². The molecule has 1 aliphatic heterocycles. The number of piperidine rings is 1. The van der Waals surface area contributed by atoms with Gasteiger partial charge in [-0.05, 0) is 32.6 Å². The number of anilines is 1. The van der Waals surface area contributed by atoms with Crippen LogP contribution in [0.1, 0.15) is 52.1 Å². The van der Waals surface area contributed by atoms with Gasteiger partial charge in [-0.1, -0.05) is 31.6 Å². The summed E-state index contributed by atoms with van der Waals surface area (Å²) in [5.74, 6) is 0.219. The van der Waals surface area contributed by atoms with Crippen molar-refractivity contribution in [3.8, 4) is 0 Å². The van der Waals surface area contributed by atoms with Crippen LogP contribution < -0.4 is 15.8 Å². The molecular weight excluding hydrogens is 350 g/mol. The van der Waals surface area contributed by atoms with E-state index in [4.69, 9.17) is 0 Å². The maximum atomic E-state index is 12.3. The van der Waals surface area contributed by atoms with Crippen LogP contribution in [0.4, 0.5) is 5.13 Å². The van der Waals surface area contributed by atoms with Gasteiger partial charge in [0.05, 0.1) is 0 Å². The first-order chi connectivity index (χ1) is 12.5. The third kappa shape index (κ3) is 4.06. The van der Waals surface area contributed by atoms with Crippen LogP contribution in [-0.4, -0.2) is 39.6 Å². The summed E-state index contributed by atoms with van der Waals surface area (Å²) < 4.78 is 1.39. The highest BCUT2D eigenvalue weighted by molar-refractivity contribution is 7.20. The van der Waals surface area contributed by atoms with Gasteiger partial charge in [-0.25, -0.2) is 4.98 Å². The van der Waals surface area contributed by atoms with E-state index in [0.29, 0.717) is 4.96 Å². The quantitative estimate of drug-likeness (QED) is 0.835. The Morgan fingerprint density at radius 2 is 2.12 bits per heavy atom. The number of aryl methyl sites for hydroxylation is 1. The molecule has 0 bridgehead atoms. The molecule has 0 aromatic carbocycles. The number of hydrogen-bond donors (Lipinski definition) is 1. The van der Waals surface area contributed by atoms with Crippen molar-refractivity contribution >= 4 is 27.3 Å². The van der Waals surface area contributed by atoms with Crippen molar-refractivity contribution < 1.29 is 4.79 Å². The molecule has 3 heterocycles.